The molecular weight excluding hydrogens is 569 g/mol. The van der Waals surface area contributed by atoms with Crippen molar-refractivity contribution in [3.8, 4) is 0 Å². The van der Waals surface area contributed by atoms with Crippen molar-refractivity contribution in [1.82, 2.24) is 4.72 Å². The zero-order valence-electron chi connectivity index (χ0n) is 20.3. The molecule has 0 heterocycles. The summed E-state index contributed by atoms with van der Waals surface area (Å²) in [4.78, 5) is 12.4. The number of fused-ring (bicyclic) bond motifs is 2. The number of benzene rings is 2. The van der Waals surface area contributed by atoms with Gasteiger partial charge in [0.15, 0.2) is 27.3 Å². The number of aliphatic hydroxyl groups is 1. The predicted octanol–water partition coefficient (Wildman–Crippen LogP) is 3.50. The lowest BCUT2D eigenvalue weighted by Crippen LogP contribution is -2.55. The number of rotatable bonds is 7. The fraction of sp³-hybridized carbons (Fsp3) is 0.458. The minimum atomic E-state index is -4.11. The van der Waals surface area contributed by atoms with E-state index in [1.807, 2.05) is 6.92 Å². The van der Waals surface area contributed by atoms with Crippen LogP contribution >= 0.6 is 11.6 Å². The van der Waals surface area contributed by atoms with Crippen LogP contribution in [0.15, 0.2) is 35.2 Å². The largest absolute Gasteiger partial charge is 0.388 e. The summed E-state index contributed by atoms with van der Waals surface area (Å²) >= 11 is 6.22. The van der Waals surface area contributed by atoms with Crippen molar-refractivity contribution < 1.29 is 39.9 Å². The Hall–Kier alpha value is -2.19. The molecule has 0 aliphatic heterocycles. The van der Waals surface area contributed by atoms with Gasteiger partial charge in [-0.1, -0.05) is 18.5 Å². The van der Waals surface area contributed by atoms with Crippen molar-refractivity contribution in [1.29, 1.82) is 0 Å². The molecule has 1 unspecified atom stereocenters. The summed E-state index contributed by atoms with van der Waals surface area (Å²) in [6, 6.07) is 4.67. The lowest BCUT2D eigenvalue weighted by Gasteiger charge is -2.43. The molecule has 38 heavy (non-hydrogen) atoms. The number of sulfone groups is 1. The maximum atomic E-state index is 13.7. The molecule has 0 spiro atoms. The number of amides is 1. The number of hydrogen-bond donors (Lipinski definition) is 3. The van der Waals surface area contributed by atoms with Gasteiger partial charge in [0, 0.05) is 29.9 Å². The van der Waals surface area contributed by atoms with E-state index in [-0.39, 0.29) is 46.5 Å². The number of hydrogen-bond acceptors (Lipinski definition) is 6. The van der Waals surface area contributed by atoms with Crippen LogP contribution in [0.3, 0.4) is 0 Å². The molecule has 0 radical (unpaired) electrons. The molecule has 2 aliphatic rings. The molecule has 2 bridgehead atoms. The van der Waals surface area contributed by atoms with Gasteiger partial charge in [0.25, 0.3) is 5.91 Å². The van der Waals surface area contributed by atoms with E-state index in [2.05, 4.69) is 10.0 Å². The predicted molar refractivity (Wildman–Crippen MR) is 134 cm³/mol. The lowest BCUT2D eigenvalue weighted by atomic mass is 9.73. The molecule has 208 valence electrons. The van der Waals surface area contributed by atoms with E-state index in [1.54, 1.807) is 0 Å². The van der Waals surface area contributed by atoms with E-state index >= 15 is 0 Å². The highest BCUT2D eigenvalue weighted by atomic mass is 35.5. The average molecular weight is 595 g/mol. The average Bonchev–Trinajstić information content (AvgIpc) is 2.94. The molecule has 4 rings (SSSR count). The highest BCUT2D eigenvalue weighted by Crippen LogP contribution is 2.54. The summed E-state index contributed by atoms with van der Waals surface area (Å²) in [7, 11) is -7.69. The molecular formula is C24H26ClF3N2O6S2. The molecule has 3 N–H and O–H groups in total. The van der Waals surface area contributed by atoms with Crippen LogP contribution in [0.2, 0.25) is 5.02 Å². The van der Waals surface area contributed by atoms with Crippen molar-refractivity contribution in [2.75, 3.05) is 18.1 Å². The molecule has 2 aromatic rings. The highest BCUT2D eigenvalue weighted by Gasteiger charge is 2.58. The number of anilines is 1. The van der Waals surface area contributed by atoms with Crippen molar-refractivity contribution >= 4 is 43.1 Å². The molecule has 14 heteroatoms. The fourth-order valence-electron chi connectivity index (χ4n) is 5.69. The van der Waals surface area contributed by atoms with Crippen LogP contribution in [0.1, 0.15) is 36.5 Å². The van der Waals surface area contributed by atoms with Crippen LogP contribution in [0.5, 0.6) is 0 Å². The van der Waals surface area contributed by atoms with E-state index < -0.39 is 65.9 Å². The van der Waals surface area contributed by atoms with Gasteiger partial charge in [-0.2, -0.15) is 0 Å². The lowest BCUT2D eigenvalue weighted by molar-refractivity contribution is -0.0576. The topological polar surface area (TPSA) is 130 Å². The molecule has 1 amide bonds. The Kier molecular flexibility index (Phi) is 7.65. The molecule has 0 aromatic heterocycles. The Labute approximate surface area is 223 Å². The van der Waals surface area contributed by atoms with Gasteiger partial charge in [0.2, 0.25) is 10.0 Å². The monoisotopic (exact) mass is 594 g/mol. The van der Waals surface area contributed by atoms with Gasteiger partial charge < -0.3 is 10.4 Å². The van der Waals surface area contributed by atoms with Crippen molar-refractivity contribution in [2.24, 2.45) is 17.8 Å². The number of halogens is 4. The first-order chi connectivity index (χ1) is 17.5. The zero-order valence-corrected chi connectivity index (χ0v) is 22.7. The molecule has 2 aliphatic carbocycles. The van der Waals surface area contributed by atoms with Crippen molar-refractivity contribution in [2.45, 2.75) is 41.9 Å². The number of nitrogens with one attached hydrogen (secondary N) is 2. The first-order valence-electron chi connectivity index (χ1n) is 11.7. The first-order valence-corrected chi connectivity index (χ1v) is 15.5. The zero-order chi connectivity index (χ0) is 28.2. The first kappa shape index (κ1) is 28.8. The minimum absolute atomic E-state index is 0.0584. The van der Waals surface area contributed by atoms with E-state index in [1.165, 1.54) is 12.1 Å². The van der Waals surface area contributed by atoms with Gasteiger partial charge in [-0.15, -0.1) is 0 Å². The van der Waals surface area contributed by atoms with E-state index in [0.29, 0.717) is 18.6 Å². The van der Waals surface area contributed by atoms with Crippen LogP contribution in [0.4, 0.5) is 18.9 Å². The Bertz CT molecular complexity index is 1480. The Morgan fingerprint density at radius 2 is 1.71 bits per heavy atom. The van der Waals surface area contributed by atoms with Crippen LogP contribution in [-0.2, 0) is 19.9 Å². The highest BCUT2D eigenvalue weighted by molar-refractivity contribution is 7.92. The maximum absolute atomic E-state index is 13.7. The molecule has 2 aromatic carbocycles. The summed E-state index contributed by atoms with van der Waals surface area (Å²) in [5, 5.41) is 12.5. The summed E-state index contributed by atoms with van der Waals surface area (Å²) in [6.45, 7) is 1.66. The summed E-state index contributed by atoms with van der Waals surface area (Å²) in [5.74, 6) is -6.65. The third-order valence-electron chi connectivity index (χ3n) is 7.55. The van der Waals surface area contributed by atoms with E-state index in [9.17, 15) is 39.9 Å². The second-order valence-electron chi connectivity index (χ2n) is 10.1. The van der Waals surface area contributed by atoms with Gasteiger partial charge in [0.1, 0.15) is 0 Å². The summed E-state index contributed by atoms with van der Waals surface area (Å²) < 4.78 is 93.1. The fourth-order valence-corrected chi connectivity index (χ4v) is 8.56. The molecule has 0 saturated heterocycles. The van der Waals surface area contributed by atoms with E-state index in [0.717, 1.165) is 12.3 Å². The summed E-state index contributed by atoms with van der Waals surface area (Å²) in [5.41, 5.74) is -1.94. The second kappa shape index (κ2) is 10.1. The quantitative estimate of drug-likeness (QED) is 0.421. The van der Waals surface area contributed by atoms with Crippen LogP contribution in [-0.4, -0.2) is 51.5 Å². The van der Waals surface area contributed by atoms with Crippen molar-refractivity contribution in [3.63, 3.8) is 0 Å². The smallest absolute Gasteiger partial charge is 0.255 e. The second-order valence-corrected chi connectivity index (χ2v) is 14.5. The third kappa shape index (κ3) is 5.44. The van der Waals surface area contributed by atoms with Gasteiger partial charge in [0.05, 0.1) is 27.0 Å². The summed E-state index contributed by atoms with van der Waals surface area (Å²) in [6.07, 6.45) is 1.61. The maximum Gasteiger partial charge on any atom is 0.255 e. The van der Waals surface area contributed by atoms with E-state index in [4.69, 9.17) is 11.6 Å². The number of sulfonamides is 1. The van der Waals surface area contributed by atoms with Gasteiger partial charge in [-0.25, -0.2) is 34.7 Å². The SMILES string of the molecule is C[C@H]1CC2C[C@@H](S(=O)(=O)c3cc(C(=O)Nc4cc(F)c(F)c(F)c4)ccc3Cl)C[C@H]1[C@@]2(O)CNS(C)(=O)=O. The van der Waals surface area contributed by atoms with Crippen LogP contribution in [0, 0.1) is 35.2 Å². The van der Waals surface area contributed by atoms with Crippen LogP contribution < -0.4 is 10.0 Å². The van der Waals surface area contributed by atoms with Gasteiger partial charge in [-0.05, 0) is 55.2 Å². The molecule has 2 saturated carbocycles. The Morgan fingerprint density at radius 3 is 2.29 bits per heavy atom. The van der Waals surface area contributed by atoms with Crippen molar-refractivity contribution in [3.05, 3.63) is 58.4 Å². The standard InChI is InChI=1S/C24H26ClF3N2O6S2/c1-12-5-14-7-16(10-17(12)24(14,32)11-29-37(2,33)34)38(35,36)21-6-13(3-4-18(21)25)23(31)30-15-8-19(26)22(28)20(27)9-15/h3-4,6,8-9,12,14,16-17,29,32H,5,7,10-11H2,1-2H3,(H,30,31)/t12-,14?,16+,17+,24+/m0/s1. The third-order valence-corrected chi connectivity index (χ3v) is 10.9. The molecule has 8 nitrogen and oxygen atoms in total. The number of carbonyl (C=O) groups excluding carboxylic acids is 1. The Balaban J connectivity index is 1.59. The Morgan fingerprint density at radius 1 is 1.08 bits per heavy atom. The molecule has 5 atom stereocenters. The normalized spacial score (nSPS) is 27.3. The minimum Gasteiger partial charge on any atom is -0.388 e. The van der Waals surface area contributed by atoms with Gasteiger partial charge >= 0.3 is 0 Å². The number of carbonyl (C=O) groups is 1. The van der Waals surface area contributed by atoms with Crippen LogP contribution in [0.25, 0.3) is 0 Å². The van der Waals surface area contributed by atoms with Gasteiger partial charge in [-0.3, -0.25) is 4.79 Å². The molecule has 2 fully saturated rings.